The van der Waals surface area contributed by atoms with E-state index in [1.165, 1.54) is 0 Å². The molecule has 0 spiro atoms. The molecule has 23 heavy (non-hydrogen) atoms. The fraction of sp³-hybridized carbons (Fsp3) is 0.611. The Balaban J connectivity index is 2.00. The third-order valence-corrected chi connectivity index (χ3v) is 5.00. The maximum atomic E-state index is 11.8. The number of amides is 1. The summed E-state index contributed by atoms with van der Waals surface area (Å²) < 4.78 is 0. The SMILES string of the molecule is NC(=O)[C@@H](C[C@H](O)[C@@H](N)Cc1ccccc1)C1(O)CCCCC1. The molecular weight excluding hydrogens is 292 g/mol. The first-order valence-corrected chi connectivity index (χ1v) is 8.41. The molecule has 1 amide bonds. The summed E-state index contributed by atoms with van der Waals surface area (Å²) in [6, 6.07) is 9.18. The molecule has 128 valence electrons. The summed E-state index contributed by atoms with van der Waals surface area (Å²) in [5, 5.41) is 21.2. The molecule has 0 heterocycles. The number of aliphatic hydroxyl groups is 2. The molecule has 1 aliphatic rings. The molecule has 5 nitrogen and oxygen atoms in total. The van der Waals surface area contributed by atoms with Gasteiger partial charge in [-0.05, 0) is 31.2 Å². The van der Waals surface area contributed by atoms with Gasteiger partial charge in [0.25, 0.3) is 0 Å². The number of benzene rings is 1. The molecular formula is C18H28N2O3. The first kappa shape index (κ1) is 17.9. The molecule has 1 aromatic rings. The molecule has 1 saturated carbocycles. The van der Waals surface area contributed by atoms with E-state index in [0.29, 0.717) is 19.3 Å². The first-order chi connectivity index (χ1) is 10.9. The van der Waals surface area contributed by atoms with Crippen molar-refractivity contribution in [3.63, 3.8) is 0 Å². The number of hydrogen-bond donors (Lipinski definition) is 4. The van der Waals surface area contributed by atoms with Crippen LogP contribution in [0.3, 0.4) is 0 Å². The van der Waals surface area contributed by atoms with Crippen LogP contribution in [0, 0.1) is 5.92 Å². The third kappa shape index (κ3) is 4.77. The molecule has 6 N–H and O–H groups in total. The average molecular weight is 320 g/mol. The quantitative estimate of drug-likeness (QED) is 0.603. The Hall–Kier alpha value is -1.43. The number of aliphatic hydroxyl groups excluding tert-OH is 1. The minimum atomic E-state index is -1.10. The second-order valence-electron chi connectivity index (χ2n) is 6.78. The van der Waals surface area contributed by atoms with Crippen LogP contribution in [-0.2, 0) is 11.2 Å². The topological polar surface area (TPSA) is 110 Å². The van der Waals surface area contributed by atoms with E-state index in [4.69, 9.17) is 11.5 Å². The fourth-order valence-corrected chi connectivity index (χ4v) is 3.55. The van der Waals surface area contributed by atoms with Crippen LogP contribution in [-0.4, -0.2) is 33.9 Å². The van der Waals surface area contributed by atoms with Gasteiger partial charge in [-0.15, -0.1) is 0 Å². The van der Waals surface area contributed by atoms with E-state index in [1.54, 1.807) is 0 Å². The van der Waals surface area contributed by atoms with E-state index in [9.17, 15) is 15.0 Å². The third-order valence-electron chi connectivity index (χ3n) is 5.00. The van der Waals surface area contributed by atoms with Crippen molar-refractivity contribution in [2.24, 2.45) is 17.4 Å². The van der Waals surface area contributed by atoms with Gasteiger partial charge in [-0.25, -0.2) is 0 Å². The Labute approximate surface area is 137 Å². The minimum absolute atomic E-state index is 0.111. The zero-order chi connectivity index (χ0) is 16.9. The van der Waals surface area contributed by atoms with Crippen LogP contribution in [0.15, 0.2) is 30.3 Å². The van der Waals surface area contributed by atoms with Crippen LogP contribution in [0.1, 0.15) is 44.1 Å². The molecule has 0 unspecified atom stereocenters. The number of primary amides is 1. The average Bonchev–Trinajstić information content (AvgIpc) is 2.53. The highest BCUT2D eigenvalue weighted by molar-refractivity contribution is 5.78. The second kappa shape index (κ2) is 7.90. The number of hydrogen-bond acceptors (Lipinski definition) is 4. The number of carbonyl (C=O) groups excluding carboxylic acids is 1. The Kier molecular flexibility index (Phi) is 6.16. The van der Waals surface area contributed by atoms with Gasteiger partial charge in [-0.2, -0.15) is 0 Å². The van der Waals surface area contributed by atoms with Crippen molar-refractivity contribution in [1.29, 1.82) is 0 Å². The first-order valence-electron chi connectivity index (χ1n) is 8.41. The fourth-order valence-electron chi connectivity index (χ4n) is 3.55. The van der Waals surface area contributed by atoms with E-state index in [0.717, 1.165) is 24.8 Å². The predicted molar refractivity (Wildman–Crippen MR) is 89.5 cm³/mol. The van der Waals surface area contributed by atoms with Crippen LogP contribution in [0.25, 0.3) is 0 Å². The largest absolute Gasteiger partial charge is 0.391 e. The van der Waals surface area contributed by atoms with Crippen molar-refractivity contribution in [3.8, 4) is 0 Å². The number of carbonyl (C=O) groups is 1. The monoisotopic (exact) mass is 320 g/mol. The van der Waals surface area contributed by atoms with E-state index in [2.05, 4.69) is 0 Å². The summed E-state index contributed by atoms with van der Waals surface area (Å²) in [6.45, 7) is 0. The predicted octanol–water partition coefficient (Wildman–Crippen LogP) is 1.10. The molecule has 0 aromatic heterocycles. The van der Waals surface area contributed by atoms with Crippen LogP contribution >= 0.6 is 0 Å². The maximum absolute atomic E-state index is 11.8. The highest BCUT2D eigenvalue weighted by atomic mass is 16.3. The summed E-state index contributed by atoms with van der Waals surface area (Å²) in [7, 11) is 0. The van der Waals surface area contributed by atoms with Gasteiger partial charge in [0.15, 0.2) is 0 Å². The molecule has 1 fully saturated rings. The summed E-state index contributed by atoms with van der Waals surface area (Å²) in [6.07, 6.45) is 3.69. The van der Waals surface area contributed by atoms with Gasteiger partial charge >= 0.3 is 0 Å². The standard InChI is InChI=1S/C18H28N2O3/c19-15(11-13-7-3-1-4-8-13)16(21)12-14(17(20)22)18(23)9-5-2-6-10-18/h1,3-4,7-8,14-16,21,23H,2,5-6,9-12,19H2,(H2,20,22)/t14-,15+,16+/m1/s1. The lowest BCUT2D eigenvalue weighted by Crippen LogP contribution is -2.50. The molecule has 0 saturated heterocycles. The van der Waals surface area contributed by atoms with Gasteiger partial charge in [-0.3, -0.25) is 4.79 Å². The zero-order valence-corrected chi connectivity index (χ0v) is 13.5. The van der Waals surface area contributed by atoms with E-state index < -0.39 is 29.6 Å². The van der Waals surface area contributed by atoms with Crippen LogP contribution in [0.4, 0.5) is 0 Å². The van der Waals surface area contributed by atoms with Crippen molar-refractivity contribution in [2.45, 2.75) is 62.7 Å². The van der Waals surface area contributed by atoms with Crippen LogP contribution in [0.2, 0.25) is 0 Å². The van der Waals surface area contributed by atoms with Crippen molar-refractivity contribution in [3.05, 3.63) is 35.9 Å². The summed E-state index contributed by atoms with van der Waals surface area (Å²) in [4.78, 5) is 11.8. The molecule has 2 rings (SSSR count). The number of rotatable bonds is 7. The molecule has 0 aliphatic heterocycles. The molecule has 5 heteroatoms. The summed E-state index contributed by atoms with van der Waals surface area (Å²) in [5.74, 6) is -1.31. The Bertz CT molecular complexity index is 500. The second-order valence-corrected chi connectivity index (χ2v) is 6.78. The Morgan fingerprint density at radius 2 is 1.78 bits per heavy atom. The lowest BCUT2D eigenvalue weighted by molar-refractivity contribution is -0.137. The summed E-state index contributed by atoms with van der Waals surface area (Å²) >= 11 is 0. The Morgan fingerprint density at radius 1 is 1.17 bits per heavy atom. The highest BCUT2D eigenvalue weighted by Crippen LogP contribution is 2.36. The minimum Gasteiger partial charge on any atom is -0.391 e. The van der Waals surface area contributed by atoms with Crippen molar-refractivity contribution >= 4 is 5.91 Å². The van der Waals surface area contributed by atoms with E-state index in [1.807, 2.05) is 30.3 Å². The van der Waals surface area contributed by atoms with Gasteiger partial charge in [-0.1, -0.05) is 49.6 Å². The van der Waals surface area contributed by atoms with Gasteiger partial charge in [0.05, 0.1) is 17.6 Å². The molecule has 3 atom stereocenters. The van der Waals surface area contributed by atoms with Gasteiger partial charge in [0, 0.05) is 6.04 Å². The van der Waals surface area contributed by atoms with Gasteiger partial charge < -0.3 is 21.7 Å². The zero-order valence-electron chi connectivity index (χ0n) is 13.5. The maximum Gasteiger partial charge on any atom is 0.223 e. The van der Waals surface area contributed by atoms with Crippen LogP contribution in [0.5, 0.6) is 0 Å². The van der Waals surface area contributed by atoms with Gasteiger partial charge in [0.1, 0.15) is 0 Å². The lowest BCUT2D eigenvalue weighted by atomic mass is 9.72. The van der Waals surface area contributed by atoms with Crippen molar-refractivity contribution in [2.75, 3.05) is 0 Å². The van der Waals surface area contributed by atoms with Gasteiger partial charge in [0.2, 0.25) is 5.91 Å². The van der Waals surface area contributed by atoms with Crippen molar-refractivity contribution < 1.29 is 15.0 Å². The molecule has 1 aliphatic carbocycles. The smallest absolute Gasteiger partial charge is 0.223 e. The number of nitrogens with two attached hydrogens (primary N) is 2. The summed E-state index contributed by atoms with van der Waals surface area (Å²) in [5.41, 5.74) is 11.5. The van der Waals surface area contributed by atoms with Crippen molar-refractivity contribution in [1.82, 2.24) is 0 Å². The normalized spacial score (nSPS) is 21.3. The van der Waals surface area contributed by atoms with E-state index in [-0.39, 0.29) is 6.42 Å². The molecule has 0 bridgehead atoms. The van der Waals surface area contributed by atoms with E-state index >= 15 is 0 Å². The highest BCUT2D eigenvalue weighted by Gasteiger charge is 2.42. The molecule has 1 aromatic carbocycles. The molecule has 0 radical (unpaired) electrons. The Morgan fingerprint density at radius 3 is 2.35 bits per heavy atom. The lowest BCUT2D eigenvalue weighted by Gasteiger charge is -2.39. The van der Waals surface area contributed by atoms with Crippen LogP contribution < -0.4 is 11.5 Å².